The lowest BCUT2D eigenvalue weighted by atomic mass is 9.82. The molecule has 0 aromatic heterocycles. The van der Waals surface area contributed by atoms with Crippen LogP contribution in [-0.2, 0) is 9.59 Å². The van der Waals surface area contributed by atoms with Crippen LogP contribution in [0.4, 0.5) is 0 Å². The van der Waals surface area contributed by atoms with Gasteiger partial charge in [0.25, 0.3) is 0 Å². The van der Waals surface area contributed by atoms with Gasteiger partial charge in [-0.2, -0.15) is 0 Å². The lowest BCUT2D eigenvalue weighted by Crippen LogP contribution is -2.43. The van der Waals surface area contributed by atoms with Gasteiger partial charge in [0.15, 0.2) is 0 Å². The number of benzene rings is 1. The molecule has 0 spiro atoms. The molecular weight excluding hydrogens is 266 g/mol. The summed E-state index contributed by atoms with van der Waals surface area (Å²) in [5.41, 5.74) is 7.26. The minimum absolute atomic E-state index is 0.0611. The summed E-state index contributed by atoms with van der Waals surface area (Å²) in [5.74, 6) is -0.564. The van der Waals surface area contributed by atoms with E-state index in [-0.39, 0.29) is 36.4 Å². The molecule has 0 radical (unpaired) electrons. The predicted molar refractivity (Wildman–Crippen MR) is 83.6 cm³/mol. The molecule has 0 saturated carbocycles. The number of carbonyl (C=O) groups excluding carboxylic acids is 2. The Morgan fingerprint density at radius 3 is 2.43 bits per heavy atom. The van der Waals surface area contributed by atoms with E-state index >= 15 is 0 Å². The summed E-state index contributed by atoms with van der Waals surface area (Å²) in [5, 5.41) is 5.46. The number of aryl methyl sites for hydroxylation is 1. The molecule has 4 N–H and O–H groups in total. The van der Waals surface area contributed by atoms with Crippen molar-refractivity contribution in [3.8, 4) is 0 Å². The van der Waals surface area contributed by atoms with Crippen molar-refractivity contribution in [1.82, 2.24) is 10.6 Å². The van der Waals surface area contributed by atoms with Gasteiger partial charge in [-0.3, -0.25) is 9.59 Å². The van der Waals surface area contributed by atoms with Crippen molar-refractivity contribution in [1.29, 1.82) is 0 Å². The number of nitrogens with two attached hydrogens (primary N) is 1. The van der Waals surface area contributed by atoms with E-state index in [0.29, 0.717) is 0 Å². The number of carbonyl (C=O) groups is 2. The van der Waals surface area contributed by atoms with Gasteiger partial charge >= 0.3 is 0 Å². The molecule has 1 aromatic rings. The average molecular weight is 291 g/mol. The first-order chi connectivity index (χ1) is 9.74. The Morgan fingerprint density at radius 1 is 1.24 bits per heavy atom. The van der Waals surface area contributed by atoms with Crippen LogP contribution < -0.4 is 16.4 Å². The maximum absolute atomic E-state index is 12.0. The van der Waals surface area contributed by atoms with Crippen molar-refractivity contribution in [3.05, 3.63) is 35.4 Å². The molecule has 1 aromatic carbocycles. The largest absolute Gasteiger partial charge is 0.347 e. The fourth-order valence-electron chi connectivity index (χ4n) is 2.11. The second-order valence-electron chi connectivity index (χ2n) is 6.26. The maximum Gasteiger partial charge on any atom is 0.239 e. The number of hydrogen-bond acceptors (Lipinski definition) is 3. The van der Waals surface area contributed by atoms with E-state index in [1.165, 1.54) is 0 Å². The minimum atomic E-state index is -0.340. The highest BCUT2D eigenvalue weighted by Crippen LogP contribution is 2.32. The summed E-state index contributed by atoms with van der Waals surface area (Å²) < 4.78 is 0. The Hall–Kier alpha value is -1.88. The van der Waals surface area contributed by atoms with E-state index in [1.54, 1.807) is 0 Å². The van der Waals surface area contributed by atoms with Gasteiger partial charge in [0, 0.05) is 0 Å². The third-order valence-corrected chi connectivity index (χ3v) is 3.18. The first-order valence-electron chi connectivity index (χ1n) is 7.06. The molecule has 0 saturated heterocycles. The topological polar surface area (TPSA) is 84.2 Å². The Labute approximate surface area is 126 Å². The van der Waals surface area contributed by atoms with Gasteiger partial charge in [-0.1, -0.05) is 50.6 Å². The van der Waals surface area contributed by atoms with E-state index in [9.17, 15) is 9.59 Å². The summed E-state index contributed by atoms with van der Waals surface area (Å²) in [6.45, 7) is 8.05. The van der Waals surface area contributed by atoms with Crippen molar-refractivity contribution < 1.29 is 9.59 Å². The van der Waals surface area contributed by atoms with Crippen LogP contribution in [0.1, 0.15) is 37.9 Å². The summed E-state index contributed by atoms with van der Waals surface area (Å²) in [4.78, 5) is 23.1. The molecule has 1 rings (SSSR count). The third-order valence-electron chi connectivity index (χ3n) is 3.18. The standard InChI is InChI=1S/C16H25N3O2/c1-11-6-5-7-12(8-11)15(16(2,3)4)19-14(21)10-18-13(20)9-17/h5-8,15H,9-10,17H2,1-4H3,(H,18,20)(H,19,21). The summed E-state index contributed by atoms with van der Waals surface area (Å²) in [7, 11) is 0. The summed E-state index contributed by atoms with van der Waals surface area (Å²) in [6.07, 6.45) is 0. The van der Waals surface area contributed by atoms with Crippen molar-refractivity contribution in [2.75, 3.05) is 13.1 Å². The Morgan fingerprint density at radius 2 is 1.90 bits per heavy atom. The highest BCUT2D eigenvalue weighted by Gasteiger charge is 2.27. The minimum Gasteiger partial charge on any atom is -0.347 e. The third kappa shape index (κ3) is 5.55. The van der Waals surface area contributed by atoms with Crippen LogP contribution in [0.5, 0.6) is 0 Å². The smallest absolute Gasteiger partial charge is 0.239 e. The van der Waals surface area contributed by atoms with Gasteiger partial charge in [0.1, 0.15) is 0 Å². The molecule has 0 heterocycles. The van der Waals surface area contributed by atoms with E-state index in [1.807, 2.05) is 25.1 Å². The van der Waals surface area contributed by atoms with E-state index in [0.717, 1.165) is 11.1 Å². The quantitative estimate of drug-likeness (QED) is 0.764. The van der Waals surface area contributed by atoms with Crippen molar-refractivity contribution in [3.63, 3.8) is 0 Å². The Bertz CT molecular complexity index is 506. The fourth-order valence-corrected chi connectivity index (χ4v) is 2.11. The molecule has 0 aliphatic carbocycles. The fraction of sp³-hybridized carbons (Fsp3) is 0.500. The van der Waals surface area contributed by atoms with Gasteiger partial charge in [0.05, 0.1) is 19.1 Å². The SMILES string of the molecule is Cc1cccc(C(NC(=O)CNC(=O)CN)C(C)(C)C)c1. The van der Waals surface area contributed by atoms with Crippen molar-refractivity contribution in [2.45, 2.75) is 33.7 Å². The van der Waals surface area contributed by atoms with Crippen molar-refractivity contribution in [2.24, 2.45) is 11.1 Å². The van der Waals surface area contributed by atoms with E-state index in [4.69, 9.17) is 5.73 Å². The predicted octanol–water partition coefficient (Wildman–Crippen LogP) is 1.27. The Balaban J connectivity index is 2.81. The zero-order valence-corrected chi connectivity index (χ0v) is 13.2. The zero-order chi connectivity index (χ0) is 16.0. The van der Waals surface area contributed by atoms with Gasteiger partial charge < -0.3 is 16.4 Å². The second-order valence-corrected chi connectivity index (χ2v) is 6.26. The molecule has 0 bridgehead atoms. The number of amides is 2. The molecule has 2 amide bonds. The van der Waals surface area contributed by atoms with E-state index < -0.39 is 0 Å². The highest BCUT2D eigenvalue weighted by molar-refractivity contribution is 5.85. The zero-order valence-electron chi connectivity index (χ0n) is 13.2. The lowest BCUT2D eigenvalue weighted by molar-refractivity contribution is -0.126. The van der Waals surface area contributed by atoms with Crippen LogP contribution in [0.15, 0.2) is 24.3 Å². The number of hydrogen-bond donors (Lipinski definition) is 3. The van der Waals surface area contributed by atoms with Gasteiger partial charge in [-0.15, -0.1) is 0 Å². The molecule has 5 nitrogen and oxygen atoms in total. The molecule has 0 aliphatic heterocycles. The lowest BCUT2D eigenvalue weighted by Gasteiger charge is -2.32. The molecule has 1 atom stereocenters. The molecule has 116 valence electrons. The molecule has 5 heteroatoms. The number of nitrogens with one attached hydrogen (secondary N) is 2. The second kappa shape index (κ2) is 7.22. The maximum atomic E-state index is 12.0. The molecule has 1 unspecified atom stereocenters. The first kappa shape index (κ1) is 17.2. The molecule has 21 heavy (non-hydrogen) atoms. The number of rotatable bonds is 5. The van der Waals surface area contributed by atoms with Crippen LogP contribution in [0.2, 0.25) is 0 Å². The van der Waals surface area contributed by atoms with Crippen LogP contribution in [-0.4, -0.2) is 24.9 Å². The van der Waals surface area contributed by atoms with Crippen LogP contribution in [0, 0.1) is 12.3 Å². The van der Waals surface area contributed by atoms with Gasteiger partial charge in [-0.05, 0) is 17.9 Å². The Kier molecular flexibility index (Phi) is 5.90. The molecule has 0 aliphatic rings. The summed E-state index contributed by atoms with van der Waals surface area (Å²) >= 11 is 0. The van der Waals surface area contributed by atoms with Crippen molar-refractivity contribution >= 4 is 11.8 Å². The van der Waals surface area contributed by atoms with Gasteiger partial charge in [0.2, 0.25) is 11.8 Å². The summed E-state index contributed by atoms with van der Waals surface area (Å²) in [6, 6.07) is 7.94. The monoisotopic (exact) mass is 291 g/mol. The first-order valence-corrected chi connectivity index (χ1v) is 7.06. The van der Waals surface area contributed by atoms with E-state index in [2.05, 4.69) is 37.5 Å². The van der Waals surface area contributed by atoms with Gasteiger partial charge in [-0.25, -0.2) is 0 Å². The van der Waals surface area contributed by atoms with Crippen LogP contribution in [0.3, 0.4) is 0 Å². The van der Waals surface area contributed by atoms with Crippen LogP contribution in [0.25, 0.3) is 0 Å². The molecule has 0 fully saturated rings. The molecular formula is C16H25N3O2. The average Bonchev–Trinajstić information content (AvgIpc) is 2.40. The van der Waals surface area contributed by atoms with Crippen LogP contribution >= 0.6 is 0 Å². The highest BCUT2D eigenvalue weighted by atomic mass is 16.2. The normalized spacial score (nSPS) is 12.6.